The molecule has 0 radical (unpaired) electrons. The van der Waals surface area contributed by atoms with Crippen molar-refractivity contribution in [3.05, 3.63) is 27.3 Å². The minimum atomic E-state index is -0.607. The Bertz CT molecular complexity index is 354. The number of anilines is 1. The van der Waals surface area contributed by atoms with Crippen molar-refractivity contribution in [3.63, 3.8) is 0 Å². The lowest BCUT2D eigenvalue weighted by atomic mass is 10.2. The molecule has 0 saturated heterocycles. The Morgan fingerprint density at radius 1 is 1.62 bits per heavy atom. The molecular formula is C7H7ClN2O3. The average molecular weight is 203 g/mol. The highest BCUT2D eigenvalue weighted by Crippen LogP contribution is 2.33. The number of hydrogen-bond donors (Lipinski definition) is 1. The second-order valence-electron chi connectivity index (χ2n) is 2.30. The normalized spacial score (nSPS) is 9.69. The van der Waals surface area contributed by atoms with E-state index in [4.69, 9.17) is 22.1 Å². The lowest BCUT2D eigenvalue weighted by Crippen LogP contribution is -1.97. The van der Waals surface area contributed by atoms with E-state index in [1.54, 1.807) is 0 Å². The van der Waals surface area contributed by atoms with Gasteiger partial charge in [-0.25, -0.2) is 0 Å². The van der Waals surface area contributed by atoms with Crippen molar-refractivity contribution >= 4 is 23.0 Å². The standard InChI is InChI=1S/C7H7ClN2O3/c1-13-4-2-5(8)7(9)6(3-4)10(11)12/h2-3H,9H2,1H3. The number of hydrogen-bond acceptors (Lipinski definition) is 4. The van der Waals surface area contributed by atoms with Crippen LogP contribution in [0.2, 0.25) is 5.02 Å². The molecule has 0 aromatic heterocycles. The Hall–Kier alpha value is -1.49. The van der Waals surface area contributed by atoms with Crippen LogP contribution in [-0.2, 0) is 0 Å². The van der Waals surface area contributed by atoms with Gasteiger partial charge < -0.3 is 10.5 Å². The molecular weight excluding hydrogens is 196 g/mol. The summed E-state index contributed by atoms with van der Waals surface area (Å²) in [5.41, 5.74) is 5.08. The number of ether oxygens (including phenoxy) is 1. The van der Waals surface area contributed by atoms with Crippen LogP contribution < -0.4 is 10.5 Å². The van der Waals surface area contributed by atoms with E-state index in [9.17, 15) is 10.1 Å². The number of rotatable bonds is 2. The van der Waals surface area contributed by atoms with Gasteiger partial charge in [-0.15, -0.1) is 0 Å². The predicted octanol–water partition coefficient (Wildman–Crippen LogP) is 1.84. The maximum absolute atomic E-state index is 10.5. The number of nitrogen functional groups attached to an aromatic ring is 1. The van der Waals surface area contributed by atoms with Gasteiger partial charge in [0.2, 0.25) is 0 Å². The van der Waals surface area contributed by atoms with Gasteiger partial charge in [0, 0.05) is 6.07 Å². The molecule has 5 nitrogen and oxygen atoms in total. The van der Waals surface area contributed by atoms with Crippen molar-refractivity contribution < 1.29 is 9.66 Å². The van der Waals surface area contributed by atoms with Gasteiger partial charge in [0.15, 0.2) is 0 Å². The van der Waals surface area contributed by atoms with Gasteiger partial charge in [0.25, 0.3) is 5.69 Å². The largest absolute Gasteiger partial charge is 0.496 e. The third kappa shape index (κ3) is 1.81. The number of benzene rings is 1. The summed E-state index contributed by atoms with van der Waals surface area (Å²) in [4.78, 5) is 9.85. The van der Waals surface area contributed by atoms with Crippen LogP contribution >= 0.6 is 11.6 Å². The summed E-state index contributed by atoms with van der Waals surface area (Å²) in [6, 6.07) is 2.64. The van der Waals surface area contributed by atoms with Crippen molar-refractivity contribution in [2.75, 3.05) is 12.8 Å². The van der Waals surface area contributed by atoms with E-state index < -0.39 is 4.92 Å². The van der Waals surface area contributed by atoms with Crippen molar-refractivity contribution in [1.29, 1.82) is 0 Å². The molecule has 2 N–H and O–H groups in total. The van der Waals surface area contributed by atoms with Gasteiger partial charge >= 0.3 is 0 Å². The lowest BCUT2D eigenvalue weighted by molar-refractivity contribution is -0.384. The molecule has 0 aliphatic rings. The third-order valence-corrected chi connectivity index (χ3v) is 1.83. The van der Waals surface area contributed by atoms with Crippen molar-refractivity contribution in [2.45, 2.75) is 0 Å². The zero-order chi connectivity index (χ0) is 10.0. The Morgan fingerprint density at radius 3 is 2.69 bits per heavy atom. The summed E-state index contributed by atoms with van der Waals surface area (Å²) >= 11 is 5.63. The summed E-state index contributed by atoms with van der Waals surface area (Å²) in [6.45, 7) is 0. The van der Waals surface area contributed by atoms with Crippen LogP contribution in [0, 0.1) is 10.1 Å². The third-order valence-electron chi connectivity index (χ3n) is 1.51. The molecule has 70 valence electrons. The van der Waals surface area contributed by atoms with Gasteiger partial charge in [0.05, 0.1) is 23.1 Å². The SMILES string of the molecule is COc1cc(Cl)c(N)c([N+](=O)[O-])c1. The van der Waals surface area contributed by atoms with E-state index in [1.165, 1.54) is 19.2 Å². The summed E-state index contributed by atoms with van der Waals surface area (Å²) in [5.74, 6) is 0.311. The molecule has 0 spiro atoms. The van der Waals surface area contributed by atoms with Gasteiger partial charge in [-0.05, 0) is 0 Å². The lowest BCUT2D eigenvalue weighted by Gasteiger charge is -2.03. The Kier molecular flexibility index (Phi) is 2.57. The van der Waals surface area contributed by atoms with E-state index in [-0.39, 0.29) is 16.4 Å². The zero-order valence-corrected chi connectivity index (χ0v) is 7.54. The monoisotopic (exact) mass is 202 g/mol. The van der Waals surface area contributed by atoms with Gasteiger partial charge in [-0.2, -0.15) is 0 Å². The van der Waals surface area contributed by atoms with Crippen LogP contribution in [-0.4, -0.2) is 12.0 Å². The van der Waals surface area contributed by atoms with Crippen LogP contribution in [0.5, 0.6) is 5.75 Å². The molecule has 0 bridgehead atoms. The Labute approximate surface area is 79.2 Å². The fourth-order valence-corrected chi connectivity index (χ4v) is 1.05. The molecule has 0 amide bonds. The highest BCUT2D eigenvalue weighted by molar-refractivity contribution is 6.33. The molecule has 0 unspecified atom stereocenters. The quantitative estimate of drug-likeness (QED) is 0.451. The highest BCUT2D eigenvalue weighted by atomic mass is 35.5. The maximum atomic E-state index is 10.5. The van der Waals surface area contributed by atoms with Crippen LogP contribution in [0.25, 0.3) is 0 Å². The van der Waals surface area contributed by atoms with E-state index >= 15 is 0 Å². The molecule has 0 aliphatic carbocycles. The molecule has 0 aliphatic heterocycles. The van der Waals surface area contributed by atoms with Gasteiger partial charge in [-0.1, -0.05) is 11.6 Å². The minimum absolute atomic E-state index is 0.0486. The number of nitro benzene ring substituents is 1. The second kappa shape index (κ2) is 3.49. The summed E-state index contributed by atoms with van der Waals surface area (Å²) in [5, 5.41) is 10.6. The van der Waals surface area contributed by atoms with E-state index in [2.05, 4.69) is 0 Å². The minimum Gasteiger partial charge on any atom is -0.496 e. The van der Waals surface area contributed by atoms with E-state index in [1.807, 2.05) is 0 Å². The molecule has 0 saturated carbocycles. The van der Waals surface area contributed by atoms with Crippen molar-refractivity contribution in [2.24, 2.45) is 0 Å². The first kappa shape index (κ1) is 9.60. The van der Waals surface area contributed by atoms with Gasteiger partial charge in [0.1, 0.15) is 11.4 Å². The molecule has 1 rings (SSSR count). The van der Waals surface area contributed by atoms with Crippen LogP contribution in [0.4, 0.5) is 11.4 Å². The first-order valence-electron chi connectivity index (χ1n) is 3.33. The number of nitro groups is 1. The fraction of sp³-hybridized carbons (Fsp3) is 0.143. The highest BCUT2D eigenvalue weighted by Gasteiger charge is 2.16. The van der Waals surface area contributed by atoms with Crippen LogP contribution in [0.3, 0.4) is 0 Å². The van der Waals surface area contributed by atoms with Crippen molar-refractivity contribution in [1.82, 2.24) is 0 Å². The summed E-state index contributed by atoms with van der Waals surface area (Å²) in [7, 11) is 1.39. The summed E-state index contributed by atoms with van der Waals surface area (Å²) in [6.07, 6.45) is 0. The molecule has 13 heavy (non-hydrogen) atoms. The average Bonchev–Trinajstić information content (AvgIpc) is 2.09. The first-order chi connectivity index (χ1) is 6.06. The predicted molar refractivity (Wildman–Crippen MR) is 49.1 cm³/mol. The Balaban J connectivity index is 3.33. The first-order valence-corrected chi connectivity index (χ1v) is 3.71. The molecule has 0 heterocycles. The maximum Gasteiger partial charge on any atom is 0.297 e. The zero-order valence-electron chi connectivity index (χ0n) is 6.78. The van der Waals surface area contributed by atoms with E-state index in [0.29, 0.717) is 5.75 Å². The number of methoxy groups -OCH3 is 1. The molecule has 0 atom stereocenters. The van der Waals surface area contributed by atoms with Crippen molar-refractivity contribution in [3.8, 4) is 5.75 Å². The number of halogens is 1. The summed E-state index contributed by atoms with van der Waals surface area (Å²) < 4.78 is 4.80. The number of nitrogens with zero attached hydrogens (tertiary/aromatic N) is 1. The van der Waals surface area contributed by atoms with Crippen LogP contribution in [0.1, 0.15) is 0 Å². The fourth-order valence-electron chi connectivity index (χ4n) is 0.848. The van der Waals surface area contributed by atoms with Crippen LogP contribution in [0.15, 0.2) is 12.1 Å². The smallest absolute Gasteiger partial charge is 0.297 e. The molecule has 6 heteroatoms. The van der Waals surface area contributed by atoms with E-state index in [0.717, 1.165) is 0 Å². The van der Waals surface area contributed by atoms with Gasteiger partial charge in [-0.3, -0.25) is 10.1 Å². The Morgan fingerprint density at radius 2 is 2.23 bits per heavy atom. The second-order valence-corrected chi connectivity index (χ2v) is 2.71. The molecule has 1 aromatic rings. The molecule has 0 fully saturated rings. The number of nitrogens with two attached hydrogens (primary N) is 1. The topological polar surface area (TPSA) is 78.4 Å². The molecule has 1 aromatic carbocycles.